The van der Waals surface area contributed by atoms with Gasteiger partial charge in [-0.05, 0) is 20.8 Å². The SMILES string of the molecule is CC(C)(C)NC(=O)CN(CCN(CCN(CC(=O)O)CC(=O)O)CC(=O)O)CC(=O)O. The summed E-state index contributed by atoms with van der Waals surface area (Å²) < 4.78 is 0. The van der Waals surface area contributed by atoms with Gasteiger partial charge in [0.1, 0.15) is 0 Å². The first-order valence-corrected chi connectivity index (χ1v) is 9.53. The molecule has 0 aliphatic rings. The number of carbonyl (C=O) groups is 5. The molecule has 1 amide bonds. The third-order valence-corrected chi connectivity index (χ3v) is 3.78. The fourth-order valence-corrected chi connectivity index (χ4v) is 2.69. The zero-order chi connectivity index (χ0) is 24.2. The standard InChI is InChI=1S/C18H32N4O9/c1-18(2,3)19-13(23)8-21(10-15(26)27)6-4-20(9-14(24)25)5-7-22(11-16(28)29)12-17(30)31/h4-12H2,1-3H3,(H,19,23)(H,24,25)(H,26,27)(H,28,29)(H,30,31). The summed E-state index contributed by atoms with van der Waals surface area (Å²) in [5, 5.41) is 38.7. The molecule has 0 aromatic carbocycles. The smallest absolute Gasteiger partial charge is 0.317 e. The Labute approximate surface area is 180 Å². The van der Waals surface area contributed by atoms with Crippen molar-refractivity contribution in [1.82, 2.24) is 20.0 Å². The molecule has 0 spiro atoms. The van der Waals surface area contributed by atoms with Gasteiger partial charge in [-0.25, -0.2) is 0 Å². The van der Waals surface area contributed by atoms with Crippen LogP contribution < -0.4 is 5.32 Å². The van der Waals surface area contributed by atoms with Gasteiger partial charge in [-0.2, -0.15) is 0 Å². The van der Waals surface area contributed by atoms with Gasteiger partial charge in [-0.3, -0.25) is 38.7 Å². The quantitative estimate of drug-likeness (QED) is 0.177. The molecule has 31 heavy (non-hydrogen) atoms. The van der Waals surface area contributed by atoms with Gasteiger partial charge in [0, 0.05) is 31.7 Å². The highest BCUT2D eigenvalue weighted by Gasteiger charge is 2.21. The predicted molar refractivity (Wildman–Crippen MR) is 108 cm³/mol. The summed E-state index contributed by atoms with van der Waals surface area (Å²) >= 11 is 0. The summed E-state index contributed by atoms with van der Waals surface area (Å²) in [6, 6.07) is 0. The maximum atomic E-state index is 12.1. The Bertz CT molecular complexity index is 632. The molecule has 0 heterocycles. The molecule has 0 saturated carbocycles. The number of aliphatic carboxylic acids is 4. The first-order chi connectivity index (χ1) is 14.2. The third kappa shape index (κ3) is 16.7. The fourth-order valence-electron chi connectivity index (χ4n) is 2.69. The number of nitrogens with one attached hydrogen (secondary N) is 1. The van der Waals surface area contributed by atoms with Crippen LogP contribution in [0.3, 0.4) is 0 Å². The number of hydrogen-bond acceptors (Lipinski definition) is 8. The second-order valence-corrected chi connectivity index (χ2v) is 8.07. The lowest BCUT2D eigenvalue weighted by atomic mass is 10.1. The van der Waals surface area contributed by atoms with Crippen molar-refractivity contribution in [1.29, 1.82) is 0 Å². The van der Waals surface area contributed by atoms with E-state index in [-0.39, 0.29) is 38.6 Å². The van der Waals surface area contributed by atoms with Gasteiger partial charge >= 0.3 is 23.9 Å². The number of amides is 1. The van der Waals surface area contributed by atoms with E-state index in [1.165, 1.54) is 9.80 Å². The summed E-state index contributed by atoms with van der Waals surface area (Å²) in [5.41, 5.74) is -0.501. The van der Waals surface area contributed by atoms with Crippen LogP contribution in [0.25, 0.3) is 0 Å². The number of carbonyl (C=O) groups excluding carboxylic acids is 1. The van der Waals surface area contributed by atoms with Crippen molar-refractivity contribution < 1.29 is 44.4 Å². The van der Waals surface area contributed by atoms with Gasteiger partial charge in [0.15, 0.2) is 0 Å². The fraction of sp³-hybridized carbons (Fsp3) is 0.722. The first-order valence-electron chi connectivity index (χ1n) is 9.53. The maximum absolute atomic E-state index is 12.1. The molecule has 0 aliphatic heterocycles. The van der Waals surface area contributed by atoms with Gasteiger partial charge in [0.2, 0.25) is 5.91 Å². The number of carboxylic acid groups (broad SMARTS) is 4. The lowest BCUT2D eigenvalue weighted by molar-refractivity contribution is -0.143. The van der Waals surface area contributed by atoms with Crippen molar-refractivity contribution in [3.63, 3.8) is 0 Å². The van der Waals surface area contributed by atoms with Crippen molar-refractivity contribution in [3.8, 4) is 0 Å². The lowest BCUT2D eigenvalue weighted by Crippen LogP contribution is -2.49. The average molecular weight is 448 g/mol. The van der Waals surface area contributed by atoms with Crippen LogP contribution in [0, 0.1) is 0 Å². The van der Waals surface area contributed by atoms with Crippen LogP contribution in [0.4, 0.5) is 0 Å². The van der Waals surface area contributed by atoms with Crippen LogP contribution in [-0.2, 0) is 24.0 Å². The van der Waals surface area contributed by atoms with Crippen LogP contribution >= 0.6 is 0 Å². The second kappa shape index (κ2) is 13.5. The zero-order valence-corrected chi connectivity index (χ0v) is 18.0. The van der Waals surface area contributed by atoms with Crippen LogP contribution in [0.5, 0.6) is 0 Å². The molecule has 0 saturated heterocycles. The van der Waals surface area contributed by atoms with E-state index in [1.54, 1.807) is 20.8 Å². The Morgan fingerprint density at radius 1 is 0.581 bits per heavy atom. The van der Waals surface area contributed by atoms with Crippen molar-refractivity contribution in [3.05, 3.63) is 0 Å². The van der Waals surface area contributed by atoms with E-state index >= 15 is 0 Å². The minimum absolute atomic E-state index is 0.0185. The van der Waals surface area contributed by atoms with Gasteiger partial charge in [-0.15, -0.1) is 0 Å². The molecule has 0 fully saturated rings. The zero-order valence-electron chi connectivity index (χ0n) is 18.0. The summed E-state index contributed by atoms with van der Waals surface area (Å²) in [4.78, 5) is 60.1. The van der Waals surface area contributed by atoms with Crippen molar-refractivity contribution >= 4 is 29.8 Å². The predicted octanol–water partition coefficient (Wildman–Crippen LogP) is -1.85. The minimum atomic E-state index is -1.22. The van der Waals surface area contributed by atoms with Crippen LogP contribution in [-0.4, -0.2) is 129 Å². The van der Waals surface area contributed by atoms with E-state index in [1.807, 2.05) is 0 Å². The van der Waals surface area contributed by atoms with Crippen molar-refractivity contribution in [2.45, 2.75) is 26.3 Å². The molecule has 13 heteroatoms. The van der Waals surface area contributed by atoms with E-state index in [0.717, 1.165) is 4.90 Å². The van der Waals surface area contributed by atoms with Crippen LogP contribution in [0.15, 0.2) is 0 Å². The Hall–Kier alpha value is -2.77. The third-order valence-electron chi connectivity index (χ3n) is 3.78. The number of rotatable bonds is 16. The lowest BCUT2D eigenvalue weighted by Gasteiger charge is -2.28. The Morgan fingerprint density at radius 2 is 0.871 bits per heavy atom. The molecule has 0 aromatic rings. The summed E-state index contributed by atoms with van der Waals surface area (Å²) in [7, 11) is 0. The topological polar surface area (TPSA) is 188 Å². The van der Waals surface area contributed by atoms with Gasteiger partial charge < -0.3 is 25.7 Å². The van der Waals surface area contributed by atoms with Crippen LogP contribution in [0.1, 0.15) is 20.8 Å². The molecule has 178 valence electrons. The number of hydrogen-bond donors (Lipinski definition) is 5. The van der Waals surface area contributed by atoms with Crippen LogP contribution in [0.2, 0.25) is 0 Å². The normalized spacial score (nSPS) is 11.7. The highest BCUT2D eigenvalue weighted by atomic mass is 16.4. The van der Waals surface area contributed by atoms with E-state index in [9.17, 15) is 24.0 Å². The molecule has 5 N–H and O–H groups in total. The maximum Gasteiger partial charge on any atom is 0.317 e. The average Bonchev–Trinajstić information content (AvgIpc) is 2.53. The first kappa shape index (κ1) is 28.2. The van der Waals surface area contributed by atoms with E-state index < -0.39 is 55.6 Å². The summed E-state index contributed by atoms with van der Waals surface area (Å²) in [6.45, 7) is 3.42. The van der Waals surface area contributed by atoms with Crippen molar-refractivity contribution in [2.75, 3.05) is 58.9 Å². The summed E-state index contributed by atoms with van der Waals surface area (Å²) in [5.74, 6) is -5.12. The van der Waals surface area contributed by atoms with Crippen molar-refractivity contribution in [2.24, 2.45) is 0 Å². The number of carboxylic acids is 4. The van der Waals surface area contributed by atoms with E-state index in [4.69, 9.17) is 20.4 Å². The molecular formula is C18H32N4O9. The van der Waals surface area contributed by atoms with Gasteiger partial charge in [-0.1, -0.05) is 0 Å². The Morgan fingerprint density at radius 3 is 1.19 bits per heavy atom. The summed E-state index contributed by atoms with van der Waals surface area (Å²) in [6.07, 6.45) is 0. The Balaban J connectivity index is 5.04. The van der Waals surface area contributed by atoms with Gasteiger partial charge in [0.05, 0.1) is 32.7 Å². The van der Waals surface area contributed by atoms with E-state index in [0.29, 0.717) is 0 Å². The highest BCUT2D eigenvalue weighted by molar-refractivity contribution is 5.79. The highest BCUT2D eigenvalue weighted by Crippen LogP contribution is 2.00. The molecule has 0 aliphatic carbocycles. The molecule has 0 radical (unpaired) electrons. The number of nitrogens with zero attached hydrogens (tertiary/aromatic N) is 3. The van der Waals surface area contributed by atoms with E-state index in [2.05, 4.69) is 5.32 Å². The molecule has 0 rings (SSSR count). The molecule has 0 aromatic heterocycles. The largest absolute Gasteiger partial charge is 0.480 e. The molecular weight excluding hydrogens is 416 g/mol. The Kier molecular flexibility index (Phi) is 12.3. The van der Waals surface area contributed by atoms with Gasteiger partial charge in [0.25, 0.3) is 0 Å². The second-order valence-electron chi connectivity index (χ2n) is 8.07. The molecule has 0 unspecified atom stereocenters. The minimum Gasteiger partial charge on any atom is -0.480 e. The monoisotopic (exact) mass is 448 g/mol. The molecule has 13 nitrogen and oxygen atoms in total. The molecule has 0 atom stereocenters. The molecule has 0 bridgehead atoms.